The number of hydrogen-bond donors (Lipinski definition) is 1. The number of hydrogen-bond acceptors (Lipinski definition) is 4. The number of carbonyl (C=O) groups is 1. The number of carbonyl (C=O) groups excluding carboxylic acids is 1. The Kier molecular flexibility index (Phi) is 3.88. The predicted molar refractivity (Wildman–Crippen MR) is 78.2 cm³/mol. The number of nitrogens with zero attached hydrogens (tertiary/aromatic N) is 2. The highest BCUT2D eigenvalue weighted by molar-refractivity contribution is 5.70. The summed E-state index contributed by atoms with van der Waals surface area (Å²) in [7, 11) is 0. The topological polar surface area (TPSA) is 68.5 Å². The molecule has 0 aliphatic carbocycles. The molecule has 0 radical (unpaired) electrons. The average molecular weight is 277 g/mol. The van der Waals surface area contributed by atoms with Crippen molar-refractivity contribution in [3.05, 3.63) is 24.0 Å². The summed E-state index contributed by atoms with van der Waals surface area (Å²) in [6.45, 7) is 7.68. The number of amides is 1. The maximum absolute atomic E-state index is 12.4. The Hall–Kier alpha value is -1.78. The number of nitrogen functional groups attached to an aromatic ring is 1. The summed E-state index contributed by atoms with van der Waals surface area (Å²) in [5.74, 6) is 0. The molecular weight excluding hydrogens is 254 g/mol. The fraction of sp³-hybridized carbons (Fsp3) is 0.600. The van der Waals surface area contributed by atoms with Crippen molar-refractivity contribution in [2.24, 2.45) is 0 Å². The van der Waals surface area contributed by atoms with Crippen LogP contribution in [0.2, 0.25) is 0 Å². The molecule has 0 saturated carbocycles. The molecule has 1 aliphatic heterocycles. The van der Waals surface area contributed by atoms with E-state index >= 15 is 0 Å². The number of likely N-dealkylation sites (tertiary alicyclic amines) is 1. The van der Waals surface area contributed by atoms with Crippen molar-refractivity contribution in [3.8, 4) is 0 Å². The van der Waals surface area contributed by atoms with Crippen molar-refractivity contribution < 1.29 is 9.53 Å². The third kappa shape index (κ3) is 3.21. The van der Waals surface area contributed by atoms with Gasteiger partial charge >= 0.3 is 6.09 Å². The van der Waals surface area contributed by atoms with E-state index in [1.54, 1.807) is 12.4 Å². The molecule has 1 saturated heterocycles. The molecule has 0 spiro atoms. The van der Waals surface area contributed by atoms with E-state index in [-0.39, 0.29) is 18.2 Å². The smallest absolute Gasteiger partial charge is 0.411 e. The van der Waals surface area contributed by atoms with Crippen LogP contribution in [0.1, 0.15) is 52.1 Å². The van der Waals surface area contributed by atoms with Crippen LogP contribution in [0, 0.1) is 0 Å². The lowest BCUT2D eigenvalue weighted by Gasteiger charge is -2.31. The number of aromatic nitrogens is 1. The summed E-state index contributed by atoms with van der Waals surface area (Å²) in [5, 5.41) is 0. The number of rotatable bonds is 1. The second-order valence-corrected chi connectivity index (χ2v) is 6.38. The Bertz CT molecular complexity index is 496. The quantitative estimate of drug-likeness (QED) is 0.856. The molecule has 5 heteroatoms. The number of anilines is 1. The maximum Gasteiger partial charge on any atom is 0.411 e. The molecular formula is C15H23N3O2. The minimum atomic E-state index is -0.488. The van der Waals surface area contributed by atoms with Crippen LogP contribution in [-0.2, 0) is 4.74 Å². The summed E-state index contributed by atoms with van der Waals surface area (Å²) in [6, 6.07) is 2.04. The van der Waals surface area contributed by atoms with Gasteiger partial charge in [0.15, 0.2) is 0 Å². The fourth-order valence-electron chi connectivity index (χ4n) is 2.59. The first-order valence-electron chi connectivity index (χ1n) is 6.99. The van der Waals surface area contributed by atoms with Crippen molar-refractivity contribution in [3.63, 3.8) is 0 Å². The molecule has 1 aromatic heterocycles. The Morgan fingerprint density at radius 1 is 1.40 bits per heavy atom. The van der Waals surface area contributed by atoms with E-state index in [0.29, 0.717) is 5.69 Å². The second-order valence-electron chi connectivity index (χ2n) is 6.38. The normalized spacial score (nSPS) is 22.9. The van der Waals surface area contributed by atoms with E-state index in [0.717, 1.165) is 18.4 Å². The summed E-state index contributed by atoms with van der Waals surface area (Å²) in [4.78, 5) is 18.3. The van der Waals surface area contributed by atoms with Gasteiger partial charge in [-0.3, -0.25) is 9.88 Å². The molecule has 1 amide bonds. The molecule has 0 aromatic carbocycles. The summed E-state index contributed by atoms with van der Waals surface area (Å²) in [6.07, 6.45) is 4.98. The van der Waals surface area contributed by atoms with Crippen molar-refractivity contribution in [2.75, 3.05) is 5.73 Å². The van der Waals surface area contributed by atoms with Gasteiger partial charge in [-0.15, -0.1) is 0 Å². The molecule has 1 fully saturated rings. The number of pyridine rings is 1. The zero-order valence-electron chi connectivity index (χ0n) is 12.6. The van der Waals surface area contributed by atoms with Crippen LogP contribution >= 0.6 is 0 Å². The fourth-order valence-corrected chi connectivity index (χ4v) is 2.59. The van der Waals surface area contributed by atoms with Crippen LogP contribution in [0.5, 0.6) is 0 Å². The lowest BCUT2D eigenvalue weighted by atomic mass is 10.1. The summed E-state index contributed by atoms with van der Waals surface area (Å²) in [5.41, 5.74) is 6.89. The molecule has 1 aromatic rings. The molecule has 5 nitrogen and oxygen atoms in total. The van der Waals surface area contributed by atoms with Gasteiger partial charge in [-0.05, 0) is 52.2 Å². The Morgan fingerprint density at radius 3 is 2.70 bits per heavy atom. The van der Waals surface area contributed by atoms with Gasteiger partial charge in [0.2, 0.25) is 0 Å². The third-order valence-corrected chi connectivity index (χ3v) is 3.44. The van der Waals surface area contributed by atoms with E-state index in [9.17, 15) is 4.79 Å². The Balaban J connectivity index is 2.23. The van der Waals surface area contributed by atoms with Crippen LogP contribution in [0.3, 0.4) is 0 Å². The summed E-state index contributed by atoms with van der Waals surface area (Å²) >= 11 is 0. The van der Waals surface area contributed by atoms with Crippen LogP contribution in [0.25, 0.3) is 0 Å². The van der Waals surface area contributed by atoms with Crippen LogP contribution in [0.15, 0.2) is 18.5 Å². The highest BCUT2D eigenvalue weighted by atomic mass is 16.6. The van der Waals surface area contributed by atoms with E-state index in [1.807, 2.05) is 38.7 Å². The molecule has 1 aliphatic rings. The van der Waals surface area contributed by atoms with Crippen LogP contribution in [-0.4, -0.2) is 27.6 Å². The molecule has 2 heterocycles. The van der Waals surface area contributed by atoms with E-state index in [1.165, 1.54) is 0 Å². The lowest BCUT2D eigenvalue weighted by molar-refractivity contribution is 0.0158. The van der Waals surface area contributed by atoms with E-state index < -0.39 is 5.60 Å². The third-order valence-electron chi connectivity index (χ3n) is 3.44. The molecule has 2 rings (SSSR count). The van der Waals surface area contributed by atoms with Gasteiger partial charge in [0, 0.05) is 18.4 Å². The lowest BCUT2D eigenvalue weighted by Crippen LogP contribution is -2.40. The average Bonchev–Trinajstić information content (AvgIpc) is 2.69. The molecule has 0 unspecified atom stereocenters. The zero-order valence-corrected chi connectivity index (χ0v) is 12.6. The van der Waals surface area contributed by atoms with Gasteiger partial charge in [0.25, 0.3) is 0 Å². The molecule has 20 heavy (non-hydrogen) atoms. The zero-order chi connectivity index (χ0) is 14.9. The van der Waals surface area contributed by atoms with Gasteiger partial charge in [-0.25, -0.2) is 4.79 Å². The van der Waals surface area contributed by atoms with Gasteiger partial charge in [-0.2, -0.15) is 0 Å². The Labute approximate surface area is 120 Å². The molecule has 2 N–H and O–H groups in total. The van der Waals surface area contributed by atoms with Crippen molar-refractivity contribution in [1.29, 1.82) is 0 Å². The van der Waals surface area contributed by atoms with Crippen molar-refractivity contribution in [2.45, 2.75) is 58.2 Å². The largest absolute Gasteiger partial charge is 0.444 e. The Morgan fingerprint density at radius 2 is 2.10 bits per heavy atom. The first-order chi connectivity index (χ1) is 9.28. The van der Waals surface area contributed by atoms with Crippen molar-refractivity contribution >= 4 is 11.8 Å². The standard InChI is InChI=1S/C15H23N3O2/c1-10-5-6-13(11-7-12(16)9-17-8-11)18(10)14(19)20-15(2,3)4/h7-10,13H,5-6,16H2,1-4H3/t10-,13-/m1/s1. The maximum atomic E-state index is 12.4. The molecule has 0 bridgehead atoms. The van der Waals surface area contributed by atoms with Gasteiger partial charge < -0.3 is 10.5 Å². The summed E-state index contributed by atoms with van der Waals surface area (Å²) < 4.78 is 5.51. The van der Waals surface area contributed by atoms with Crippen LogP contribution in [0.4, 0.5) is 10.5 Å². The number of ether oxygens (including phenoxy) is 1. The van der Waals surface area contributed by atoms with E-state index in [2.05, 4.69) is 4.98 Å². The minimum absolute atomic E-state index is 0.00384. The SMILES string of the molecule is C[C@@H]1CC[C@H](c2cncc(N)c2)N1C(=O)OC(C)(C)C. The predicted octanol–water partition coefficient (Wildman–Crippen LogP) is 3.12. The molecule has 2 atom stereocenters. The van der Waals surface area contributed by atoms with E-state index in [4.69, 9.17) is 10.5 Å². The highest BCUT2D eigenvalue weighted by Gasteiger charge is 2.37. The van der Waals surface area contributed by atoms with Crippen LogP contribution < -0.4 is 5.73 Å². The highest BCUT2D eigenvalue weighted by Crippen LogP contribution is 2.37. The second kappa shape index (κ2) is 5.31. The van der Waals surface area contributed by atoms with Crippen molar-refractivity contribution in [1.82, 2.24) is 9.88 Å². The molecule has 110 valence electrons. The number of nitrogens with two attached hydrogens (primary N) is 1. The van der Waals surface area contributed by atoms with Gasteiger partial charge in [0.05, 0.1) is 11.7 Å². The first-order valence-corrected chi connectivity index (χ1v) is 6.99. The minimum Gasteiger partial charge on any atom is -0.444 e. The van der Waals surface area contributed by atoms with Gasteiger partial charge in [0.1, 0.15) is 5.60 Å². The van der Waals surface area contributed by atoms with Gasteiger partial charge in [-0.1, -0.05) is 0 Å². The monoisotopic (exact) mass is 277 g/mol. The first kappa shape index (κ1) is 14.6.